The summed E-state index contributed by atoms with van der Waals surface area (Å²) in [6.07, 6.45) is 2.59. The van der Waals surface area contributed by atoms with Crippen LogP contribution in [0.5, 0.6) is 0 Å². The lowest BCUT2D eigenvalue weighted by Crippen LogP contribution is -2.29. The molecular formula is C20H22N2O5S. The quantitative estimate of drug-likeness (QED) is 0.541. The molecule has 28 heavy (non-hydrogen) atoms. The first kappa shape index (κ1) is 21.2. The number of amides is 1. The Bertz CT molecular complexity index is 968. The van der Waals surface area contributed by atoms with E-state index in [9.17, 15) is 18.0 Å². The van der Waals surface area contributed by atoms with E-state index < -0.39 is 16.0 Å². The van der Waals surface area contributed by atoms with Crippen LogP contribution in [0.15, 0.2) is 61.2 Å². The van der Waals surface area contributed by atoms with E-state index in [0.29, 0.717) is 22.5 Å². The van der Waals surface area contributed by atoms with Crippen LogP contribution in [0, 0.1) is 0 Å². The fraction of sp³-hybridized carbons (Fsp3) is 0.200. The van der Waals surface area contributed by atoms with Gasteiger partial charge in [-0.15, -0.1) is 6.58 Å². The largest absolute Gasteiger partial charge is 0.462 e. The van der Waals surface area contributed by atoms with E-state index >= 15 is 0 Å². The predicted octanol–water partition coefficient (Wildman–Crippen LogP) is 3.07. The third-order valence-electron chi connectivity index (χ3n) is 3.74. The van der Waals surface area contributed by atoms with E-state index in [-0.39, 0.29) is 19.1 Å². The molecule has 2 aromatic rings. The first-order chi connectivity index (χ1) is 13.3. The smallest absolute Gasteiger partial charge is 0.338 e. The normalized spacial score (nSPS) is 10.8. The minimum Gasteiger partial charge on any atom is -0.462 e. The van der Waals surface area contributed by atoms with E-state index in [0.717, 1.165) is 6.26 Å². The third-order valence-corrected chi connectivity index (χ3v) is 4.90. The van der Waals surface area contributed by atoms with Crippen LogP contribution >= 0.6 is 0 Å². The maximum absolute atomic E-state index is 12.4. The van der Waals surface area contributed by atoms with Gasteiger partial charge in [0.15, 0.2) is 0 Å². The fourth-order valence-electron chi connectivity index (χ4n) is 2.47. The molecule has 0 atom stereocenters. The van der Waals surface area contributed by atoms with Crippen molar-refractivity contribution in [3.05, 3.63) is 72.3 Å². The Hall–Kier alpha value is -3.13. The van der Waals surface area contributed by atoms with Crippen molar-refractivity contribution in [2.75, 3.05) is 29.0 Å². The number of sulfonamides is 1. The molecule has 0 aliphatic rings. The van der Waals surface area contributed by atoms with Crippen LogP contribution in [0.3, 0.4) is 0 Å². The van der Waals surface area contributed by atoms with Gasteiger partial charge in [0.05, 0.1) is 30.7 Å². The lowest BCUT2D eigenvalue weighted by atomic mass is 10.1. The molecule has 2 rings (SSSR count). The first-order valence-corrected chi connectivity index (χ1v) is 10.4. The molecule has 0 aliphatic carbocycles. The summed E-state index contributed by atoms with van der Waals surface area (Å²) in [5.41, 5.74) is 1.56. The minimum atomic E-state index is -3.46. The number of carbonyl (C=O) groups is 2. The van der Waals surface area contributed by atoms with E-state index in [2.05, 4.69) is 11.9 Å². The van der Waals surface area contributed by atoms with Gasteiger partial charge in [0.1, 0.15) is 0 Å². The Morgan fingerprint density at radius 1 is 1.14 bits per heavy atom. The van der Waals surface area contributed by atoms with E-state index in [1.165, 1.54) is 28.6 Å². The summed E-state index contributed by atoms with van der Waals surface area (Å²) >= 11 is 0. The van der Waals surface area contributed by atoms with Gasteiger partial charge in [0, 0.05) is 11.3 Å². The Kier molecular flexibility index (Phi) is 6.94. The van der Waals surface area contributed by atoms with Crippen LogP contribution in [-0.4, -0.2) is 39.7 Å². The molecule has 0 bridgehead atoms. The van der Waals surface area contributed by atoms with Crippen molar-refractivity contribution in [1.82, 2.24) is 0 Å². The highest BCUT2D eigenvalue weighted by molar-refractivity contribution is 7.92. The molecule has 0 saturated carbocycles. The molecule has 0 unspecified atom stereocenters. The van der Waals surface area contributed by atoms with Crippen molar-refractivity contribution in [3.63, 3.8) is 0 Å². The summed E-state index contributed by atoms with van der Waals surface area (Å²) in [6, 6.07) is 12.6. The molecule has 0 radical (unpaired) electrons. The van der Waals surface area contributed by atoms with Crippen molar-refractivity contribution in [2.45, 2.75) is 6.92 Å². The lowest BCUT2D eigenvalue weighted by molar-refractivity contribution is 0.0526. The van der Waals surface area contributed by atoms with Crippen molar-refractivity contribution >= 4 is 33.3 Å². The van der Waals surface area contributed by atoms with Gasteiger partial charge in [-0.1, -0.05) is 12.1 Å². The summed E-state index contributed by atoms with van der Waals surface area (Å²) < 4.78 is 29.9. The first-order valence-electron chi connectivity index (χ1n) is 8.53. The topological polar surface area (TPSA) is 92.8 Å². The molecule has 1 N–H and O–H groups in total. The molecule has 7 nitrogen and oxygen atoms in total. The van der Waals surface area contributed by atoms with Crippen LogP contribution in [0.25, 0.3) is 0 Å². The number of rotatable bonds is 8. The number of carbonyl (C=O) groups excluding carboxylic acids is 2. The second-order valence-electron chi connectivity index (χ2n) is 5.89. The molecule has 1 amide bonds. The van der Waals surface area contributed by atoms with Crippen LogP contribution in [-0.2, 0) is 14.8 Å². The molecule has 0 aliphatic heterocycles. The average molecular weight is 402 g/mol. The number of hydrogen-bond donors (Lipinski definition) is 1. The van der Waals surface area contributed by atoms with E-state index in [4.69, 9.17) is 4.74 Å². The SMILES string of the molecule is C=CCN(c1ccc(C(=O)Nc2cccc(C(=O)OCC)c2)cc1)S(C)(=O)=O. The average Bonchev–Trinajstić information content (AvgIpc) is 2.66. The number of esters is 1. The van der Waals surface area contributed by atoms with Gasteiger partial charge in [-0.3, -0.25) is 9.10 Å². The van der Waals surface area contributed by atoms with Crippen molar-refractivity contribution in [3.8, 4) is 0 Å². The van der Waals surface area contributed by atoms with Crippen LogP contribution in [0.4, 0.5) is 11.4 Å². The van der Waals surface area contributed by atoms with Crippen LogP contribution < -0.4 is 9.62 Å². The summed E-state index contributed by atoms with van der Waals surface area (Å²) in [5, 5.41) is 2.70. The monoisotopic (exact) mass is 402 g/mol. The third kappa shape index (κ3) is 5.43. The summed E-state index contributed by atoms with van der Waals surface area (Å²) in [4.78, 5) is 24.2. The van der Waals surface area contributed by atoms with Gasteiger partial charge < -0.3 is 10.1 Å². The van der Waals surface area contributed by atoms with Crippen molar-refractivity contribution in [2.24, 2.45) is 0 Å². The number of nitrogens with one attached hydrogen (secondary N) is 1. The van der Waals surface area contributed by atoms with Crippen LogP contribution in [0.1, 0.15) is 27.6 Å². The van der Waals surface area contributed by atoms with E-state index in [1.54, 1.807) is 37.3 Å². The molecule has 0 fully saturated rings. The maximum Gasteiger partial charge on any atom is 0.338 e. The van der Waals surface area contributed by atoms with Gasteiger partial charge in [0.2, 0.25) is 10.0 Å². The van der Waals surface area contributed by atoms with Crippen molar-refractivity contribution < 1.29 is 22.7 Å². The highest BCUT2D eigenvalue weighted by atomic mass is 32.2. The molecule has 0 aromatic heterocycles. The van der Waals surface area contributed by atoms with Gasteiger partial charge >= 0.3 is 5.97 Å². The zero-order chi connectivity index (χ0) is 20.7. The Labute approximate surface area is 164 Å². The highest BCUT2D eigenvalue weighted by Crippen LogP contribution is 2.19. The Balaban J connectivity index is 2.16. The summed E-state index contributed by atoms with van der Waals surface area (Å²) in [5.74, 6) is -0.853. The minimum absolute atomic E-state index is 0.130. The number of anilines is 2. The second-order valence-corrected chi connectivity index (χ2v) is 7.79. The molecule has 0 heterocycles. The Morgan fingerprint density at radius 3 is 2.39 bits per heavy atom. The molecular weight excluding hydrogens is 380 g/mol. The predicted molar refractivity (Wildman–Crippen MR) is 109 cm³/mol. The van der Waals surface area contributed by atoms with Crippen molar-refractivity contribution in [1.29, 1.82) is 0 Å². The number of nitrogens with zero attached hydrogens (tertiary/aromatic N) is 1. The van der Waals surface area contributed by atoms with Gasteiger partial charge in [-0.05, 0) is 49.4 Å². The summed E-state index contributed by atoms with van der Waals surface area (Å²) in [6.45, 7) is 5.67. The van der Waals surface area contributed by atoms with Gasteiger partial charge in [-0.2, -0.15) is 0 Å². The molecule has 148 valence electrons. The summed E-state index contributed by atoms with van der Waals surface area (Å²) in [7, 11) is -3.46. The molecule has 0 spiro atoms. The van der Waals surface area contributed by atoms with Gasteiger partial charge in [-0.25, -0.2) is 13.2 Å². The second kappa shape index (κ2) is 9.18. The number of ether oxygens (including phenoxy) is 1. The molecule has 8 heteroatoms. The maximum atomic E-state index is 12.4. The molecule has 2 aromatic carbocycles. The standard InChI is InChI=1S/C20H22N2O5S/c1-4-13-22(28(3,25)26)18-11-9-15(10-12-18)19(23)21-17-8-6-7-16(14-17)20(24)27-5-2/h4,6-12,14H,1,5,13H2,2-3H3,(H,21,23). The zero-order valence-corrected chi connectivity index (χ0v) is 16.5. The Morgan fingerprint density at radius 2 is 1.82 bits per heavy atom. The van der Waals surface area contributed by atoms with Gasteiger partial charge in [0.25, 0.3) is 5.91 Å². The molecule has 0 saturated heterocycles. The van der Waals surface area contributed by atoms with Crippen LogP contribution in [0.2, 0.25) is 0 Å². The fourth-order valence-corrected chi connectivity index (χ4v) is 3.35. The number of hydrogen-bond acceptors (Lipinski definition) is 5. The lowest BCUT2D eigenvalue weighted by Gasteiger charge is -2.20. The highest BCUT2D eigenvalue weighted by Gasteiger charge is 2.16. The zero-order valence-electron chi connectivity index (χ0n) is 15.7. The van der Waals surface area contributed by atoms with E-state index in [1.807, 2.05) is 0 Å². The number of benzene rings is 2.